The van der Waals surface area contributed by atoms with Crippen molar-refractivity contribution < 1.29 is 47.6 Å². The highest BCUT2D eigenvalue weighted by molar-refractivity contribution is 7.91. The van der Waals surface area contributed by atoms with Crippen molar-refractivity contribution in [2.24, 2.45) is 0 Å². The number of fused-ring (bicyclic) bond motifs is 1. The lowest BCUT2D eigenvalue weighted by atomic mass is 9.67. The molecule has 0 amide bonds. The molecule has 2 heterocycles. The Hall–Kier alpha value is -5.60. The van der Waals surface area contributed by atoms with Gasteiger partial charge in [-0.1, -0.05) is 127 Å². The molecule has 6 aromatic rings. The smallest absolute Gasteiger partial charge is 0.222 e. The molecule has 280 valence electrons. The Morgan fingerprint density at radius 1 is 0.727 bits per heavy atom. The number of hydrogen-bond donors (Lipinski definition) is 4. The van der Waals surface area contributed by atoms with Gasteiger partial charge in [0.2, 0.25) is 21.2 Å². The fourth-order valence-electron chi connectivity index (χ4n) is 7.07. The third kappa shape index (κ3) is 6.84. The van der Waals surface area contributed by atoms with E-state index < -0.39 is 69.9 Å². The molecule has 1 fully saturated rings. The lowest BCUT2D eigenvalue weighted by molar-refractivity contribution is -0.316. The van der Waals surface area contributed by atoms with Gasteiger partial charge in [0.05, 0.1) is 17.6 Å². The molecule has 1 aliphatic heterocycles. The molecule has 1 aromatic heterocycles. The first-order chi connectivity index (χ1) is 26.5. The van der Waals surface area contributed by atoms with Crippen LogP contribution in [0.3, 0.4) is 0 Å². The molecule has 0 bridgehead atoms. The summed E-state index contributed by atoms with van der Waals surface area (Å²) in [5.74, 6) is -2.99. The Morgan fingerprint density at radius 3 is 1.84 bits per heavy atom. The zero-order valence-corrected chi connectivity index (χ0v) is 30.1. The average Bonchev–Trinajstić information content (AvgIpc) is 3.61. The lowest BCUT2D eigenvalue weighted by Gasteiger charge is -2.51. The van der Waals surface area contributed by atoms with Crippen LogP contribution < -0.4 is 0 Å². The number of ether oxygens (including phenoxy) is 2. The number of benzene rings is 5. The zero-order valence-electron chi connectivity index (χ0n) is 29.3. The Balaban J connectivity index is 1.31. The van der Waals surface area contributed by atoms with Crippen LogP contribution >= 0.6 is 0 Å². The van der Waals surface area contributed by atoms with E-state index >= 15 is 0 Å². The fraction of sp³-hybridized carbons (Fsp3) is 0.186. The second kappa shape index (κ2) is 15.3. The summed E-state index contributed by atoms with van der Waals surface area (Å²) >= 11 is 0. The first-order valence-corrected chi connectivity index (χ1v) is 19.0. The summed E-state index contributed by atoms with van der Waals surface area (Å²) in [4.78, 5) is 45.5. The second-order valence-electron chi connectivity index (χ2n) is 13.3. The predicted molar refractivity (Wildman–Crippen MR) is 201 cm³/mol. The molecule has 1 saturated heterocycles. The van der Waals surface area contributed by atoms with E-state index in [1.807, 2.05) is 0 Å². The van der Waals surface area contributed by atoms with Crippen molar-refractivity contribution in [1.82, 2.24) is 4.98 Å². The van der Waals surface area contributed by atoms with Gasteiger partial charge in [-0.05, 0) is 30.2 Å². The molecule has 1 unspecified atom stereocenters. The molecule has 7 rings (SSSR count). The minimum atomic E-state index is -4.08. The van der Waals surface area contributed by atoms with Crippen molar-refractivity contribution in [3.8, 4) is 0 Å². The normalized spacial score (nSPS) is 21.9. The number of ketones is 3. The van der Waals surface area contributed by atoms with Gasteiger partial charge in [-0.25, -0.2) is 8.42 Å². The third-order valence-corrected chi connectivity index (χ3v) is 11.7. The van der Waals surface area contributed by atoms with Gasteiger partial charge in [-0.2, -0.15) is 0 Å². The molecule has 0 radical (unpaired) electrons. The minimum Gasteiger partial charge on any atom is -0.382 e. The zero-order chi connectivity index (χ0) is 38.8. The maximum absolute atomic E-state index is 14.5. The Labute approximate surface area is 316 Å². The molecule has 0 saturated carbocycles. The van der Waals surface area contributed by atoms with E-state index in [-0.39, 0.29) is 33.0 Å². The van der Waals surface area contributed by atoms with Crippen LogP contribution in [0, 0.1) is 0 Å². The number of carbonyl (C=O) groups excluding carboxylic acids is 3. The molecule has 1 aliphatic rings. The molecular weight excluding hydrogens is 723 g/mol. The van der Waals surface area contributed by atoms with Crippen molar-refractivity contribution in [3.63, 3.8) is 0 Å². The molecule has 5 aromatic carbocycles. The summed E-state index contributed by atoms with van der Waals surface area (Å²) in [5, 5.41) is 37.2. The highest BCUT2D eigenvalue weighted by atomic mass is 32.2. The van der Waals surface area contributed by atoms with Crippen molar-refractivity contribution in [2.45, 2.75) is 52.5 Å². The summed E-state index contributed by atoms with van der Waals surface area (Å²) in [6, 6.07) is 37.6. The molecule has 5 atom stereocenters. The van der Waals surface area contributed by atoms with Crippen LogP contribution in [0.1, 0.15) is 43.1 Å². The number of rotatable bonds is 13. The summed E-state index contributed by atoms with van der Waals surface area (Å²) in [5.41, 5.74) is -5.35. The second-order valence-corrected chi connectivity index (χ2v) is 15.2. The number of Topliss-reactive ketones (excluding diaryl/α,β-unsaturated/α-hetero) is 3. The highest BCUT2D eigenvalue weighted by Crippen LogP contribution is 2.44. The largest absolute Gasteiger partial charge is 0.382 e. The first-order valence-electron chi connectivity index (χ1n) is 17.6. The van der Waals surface area contributed by atoms with Crippen molar-refractivity contribution in [1.29, 1.82) is 0 Å². The number of para-hydroxylation sites is 1. The summed E-state index contributed by atoms with van der Waals surface area (Å²) in [6.07, 6.45) is -6.80. The number of aliphatic hydroxyl groups excluding tert-OH is 1. The number of hydrogen-bond acceptors (Lipinski definition) is 10. The molecule has 0 aliphatic carbocycles. The Bertz CT molecular complexity index is 2440. The van der Waals surface area contributed by atoms with Crippen LogP contribution in [0.25, 0.3) is 10.9 Å². The van der Waals surface area contributed by atoms with E-state index in [4.69, 9.17) is 9.47 Å². The van der Waals surface area contributed by atoms with Gasteiger partial charge in [0, 0.05) is 34.0 Å². The average molecular weight is 760 g/mol. The van der Waals surface area contributed by atoms with E-state index in [1.54, 1.807) is 72.8 Å². The fourth-order valence-corrected chi connectivity index (χ4v) is 8.60. The number of carbonyl (C=O) groups is 3. The molecule has 55 heavy (non-hydrogen) atoms. The highest BCUT2D eigenvalue weighted by Gasteiger charge is 2.69. The van der Waals surface area contributed by atoms with Crippen LogP contribution in [-0.4, -0.2) is 82.4 Å². The monoisotopic (exact) mass is 759 g/mol. The van der Waals surface area contributed by atoms with E-state index in [0.29, 0.717) is 16.5 Å². The van der Waals surface area contributed by atoms with E-state index in [0.717, 1.165) is 0 Å². The van der Waals surface area contributed by atoms with Crippen LogP contribution in [0.2, 0.25) is 0 Å². The van der Waals surface area contributed by atoms with Crippen molar-refractivity contribution in [2.75, 3.05) is 6.61 Å². The van der Waals surface area contributed by atoms with Gasteiger partial charge in [0.15, 0.2) is 23.5 Å². The van der Waals surface area contributed by atoms with Crippen LogP contribution in [0.4, 0.5) is 0 Å². The van der Waals surface area contributed by atoms with E-state index in [9.17, 15) is 38.1 Å². The number of sulfone groups is 1. The third-order valence-electron chi connectivity index (χ3n) is 9.96. The molecule has 12 heteroatoms. The van der Waals surface area contributed by atoms with Gasteiger partial charge in [-0.15, -0.1) is 0 Å². The Morgan fingerprint density at radius 2 is 1.24 bits per heavy atom. The van der Waals surface area contributed by atoms with Crippen LogP contribution in [0.5, 0.6) is 0 Å². The van der Waals surface area contributed by atoms with Crippen molar-refractivity contribution in [3.05, 3.63) is 168 Å². The van der Waals surface area contributed by atoms with Gasteiger partial charge < -0.3 is 29.8 Å². The number of aromatic nitrogens is 1. The van der Waals surface area contributed by atoms with E-state index in [1.165, 1.54) is 72.8 Å². The number of H-pyrrole nitrogens is 1. The molecular formula is C43H37NO10S. The van der Waals surface area contributed by atoms with Crippen molar-refractivity contribution >= 4 is 38.1 Å². The minimum absolute atomic E-state index is 0.0478. The molecule has 0 spiro atoms. The maximum atomic E-state index is 14.5. The number of aliphatic hydroxyl groups is 3. The van der Waals surface area contributed by atoms with E-state index in [2.05, 4.69) is 4.98 Å². The van der Waals surface area contributed by atoms with Gasteiger partial charge >= 0.3 is 0 Å². The van der Waals surface area contributed by atoms with Gasteiger partial charge in [-0.3, -0.25) is 14.4 Å². The SMILES string of the molecule is O=C(c1ccccc1)C(O)[C@@H]1C[C@@](O)(C(=O)c2ccccc2)[C@](O)(C(=O)c2ccccc2)[C@@H](OCCc2c(S(=O)(=O)c3ccccc3)[nH]c3ccccc23)O1. The summed E-state index contributed by atoms with van der Waals surface area (Å²) in [7, 11) is -4.08. The Kier molecular flexibility index (Phi) is 10.5. The van der Waals surface area contributed by atoms with Crippen LogP contribution in [0.15, 0.2) is 156 Å². The molecule has 4 N–H and O–H groups in total. The topological polar surface area (TPSA) is 180 Å². The summed E-state index contributed by atoms with van der Waals surface area (Å²) in [6.45, 7) is -0.417. The van der Waals surface area contributed by atoms with Gasteiger partial charge in [0.1, 0.15) is 11.1 Å². The number of nitrogens with one attached hydrogen (secondary N) is 1. The standard InChI is InChI=1S/C43H37NO10S/c45-36(28-15-5-1-6-16-28)37(46)35-27-42(49,38(47)29-17-7-2-8-18-29)43(50,39(48)30-19-9-3-10-20-30)41(54-35)53-26-25-33-32-23-13-14-24-34(32)44-40(33)55(51,52)31-21-11-4-12-22-31/h1-24,35,37,41,44,46,49-50H,25-27H2/t35-,37?,41-,42+,43-/m0/s1. The quantitative estimate of drug-likeness (QED) is 0.115. The maximum Gasteiger partial charge on any atom is 0.222 e. The van der Waals surface area contributed by atoms with Gasteiger partial charge in [0.25, 0.3) is 0 Å². The first kappa shape index (κ1) is 37.7. The number of aromatic amines is 1. The summed E-state index contributed by atoms with van der Waals surface area (Å²) < 4.78 is 40.1. The lowest BCUT2D eigenvalue weighted by Crippen LogP contribution is -2.75. The van der Waals surface area contributed by atoms with Crippen LogP contribution in [-0.2, 0) is 25.7 Å². The molecule has 11 nitrogen and oxygen atoms in total. The predicted octanol–water partition coefficient (Wildman–Crippen LogP) is 5.15.